The Morgan fingerprint density at radius 2 is 0.610 bits per heavy atom. The molecule has 0 bridgehead atoms. The number of nitrogens with one attached hydrogen (secondary N) is 18. The quantitative estimate of drug-likeness (QED) is 0.00478. The molecule has 9 aliphatic rings. The van der Waals surface area contributed by atoms with Gasteiger partial charge in [0.2, 0.25) is 0 Å². The van der Waals surface area contributed by atoms with Gasteiger partial charge in [-0.25, -0.2) is 4.79 Å². The number of carbonyl (C=O) groups is 9. The van der Waals surface area contributed by atoms with Crippen LogP contribution in [0.15, 0.2) is 89.0 Å². The zero-order valence-electron chi connectivity index (χ0n) is 86.1. The van der Waals surface area contributed by atoms with E-state index < -0.39 is 12.3 Å². The number of halogens is 9. The van der Waals surface area contributed by atoms with Gasteiger partial charge in [-0.2, -0.15) is 0 Å². The van der Waals surface area contributed by atoms with Crippen LogP contribution in [0.1, 0.15) is 68.1 Å². The maximum absolute atomic E-state index is 12.0. The van der Waals surface area contributed by atoms with Crippen LogP contribution in [-0.4, -0.2) is 433 Å². The number of quaternary nitrogens is 9. The lowest BCUT2D eigenvalue weighted by atomic mass is 10.1. The minimum absolute atomic E-state index is 0.0167. The first kappa shape index (κ1) is 136. The summed E-state index contributed by atoms with van der Waals surface area (Å²) in [5.74, 6) is -1.26. The first-order chi connectivity index (χ1) is 70.3. The van der Waals surface area contributed by atoms with Gasteiger partial charge in [0.1, 0.15) is 137 Å². The summed E-state index contributed by atoms with van der Waals surface area (Å²) in [5, 5.41) is 40.4. The van der Waals surface area contributed by atoms with Crippen LogP contribution in [0.5, 0.6) is 0 Å². The SMILES string of the molecule is C=C(I)C(=O)OCC[NH+]1CCNCC1.CC(C)(I)C(=O)OCC[NH+]1CCNCC1.CC(CI)C(=O)OCC[NH+]1CCNCC1.CC(I)C(=O)OCC[NH+]1CCNCC1.Cc1ccc(C(I)C(=O)OCC[NH+]2CCNCC2)cc1.O=C(CCI)OCC[NH+]1CCNCC1.O=C(CI)OCC[NH+]1CCNCC1.O=C(OCC[NH+]1CCNCC1)C(I)c1ccc([N+](=O)[O-])cc1.O=C(OCC[NH+]1CCNCC1)C(I)c1ccccc1. The summed E-state index contributed by atoms with van der Waals surface area (Å²) in [7, 11) is 0. The molecule has 146 heavy (non-hydrogen) atoms. The normalized spacial score (nSPS) is 18.3. The number of piperazine rings is 9. The Hall–Kier alpha value is -2.12. The van der Waals surface area contributed by atoms with Gasteiger partial charge in [-0.1, -0.05) is 267 Å². The predicted molar refractivity (Wildman–Crippen MR) is 641 cm³/mol. The fourth-order valence-corrected chi connectivity index (χ4v) is 18.8. The van der Waals surface area contributed by atoms with E-state index in [4.69, 9.17) is 42.6 Å². The summed E-state index contributed by atoms with van der Waals surface area (Å²) < 4.78 is 48.0. The fourth-order valence-electron chi connectivity index (χ4n) is 15.5. The zero-order valence-corrected chi connectivity index (χ0v) is 106. The molecule has 12 rings (SSSR count). The number of hydrogen-bond donors (Lipinski definition) is 18. The van der Waals surface area contributed by atoms with E-state index in [1.165, 1.54) is 61.8 Å². The number of alkyl halides is 8. The molecule has 18 N–H and O–H groups in total. The number of benzene rings is 3. The van der Waals surface area contributed by atoms with Gasteiger partial charge in [-0.15, -0.1) is 0 Å². The molecule has 0 amide bonds. The van der Waals surface area contributed by atoms with Crippen molar-refractivity contribution in [2.45, 2.75) is 60.2 Å². The molecular formula is C98H169I9N19O20+9. The minimum atomic E-state index is -0.458. The topological polar surface area (TPSA) is 428 Å². The Morgan fingerprint density at radius 3 is 0.863 bits per heavy atom. The van der Waals surface area contributed by atoms with Gasteiger partial charge >= 0.3 is 53.7 Å². The summed E-state index contributed by atoms with van der Waals surface area (Å²) >= 11 is 18.7. The van der Waals surface area contributed by atoms with E-state index in [2.05, 4.69) is 190 Å². The van der Waals surface area contributed by atoms with E-state index in [9.17, 15) is 53.3 Å². The molecule has 9 fully saturated rings. The average molecular weight is 3080 g/mol. The van der Waals surface area contributed by atoms with Crippen molar-refractivity contribution in [2.24, 2.45) is 5.92 Å². The molecule has 39 nitrogen and oxygen atoms in total. The van der Waals surface area contributed by atoms with Crippen molar-refractivity contribution in [3.63, 3.8) is 0 Å². The Labute approximate surface area is 988 Å². The van der Waals surface area contributed by atoms with Crippen LogP contribution in [0.25, 0.3) is 0 Å². The second-order valence-corrected chi connectivity index (χ2v) is 49.0. The van der Waals surface area contributed by atoms with E-state index in [-0.39, 0.29) is 77.1 Å². The average Bonchev–Trinajstić information content (AvgIpc) is 0.865. The molecular weight excluding hydrogens is 2910 g/mol. The molecule has 0 aromatic heterocycles. The number of aryl methyl sites for hydroxylation is 1. The first-order valence-corrected chi connectivity index (χ1v) is 63.0. The second-order valence-electron chi connectivity index (χ2n) is 36.7. The van der Waals surface area contributed by atoms with Crippen LogP contribution < -0.4 is 92.0 Å². The van der Waals surface area contributed by atoms with Crippen LogP contribution in [0, 0.1) is 23.0 Å². The number of carbonyl (C=O) groups excluding carboxylic acids is 9. The first-order valence-electron chi connectivity index (χ1n) is 51.3. The van der Waals surface area contributed by atoms with E-state index in [0.717, 1.165) is 314 Å². The van der Waals surface area contributed by atoms with Crippen molar-refractivity contribution >= 4 is 263 Å². The number of nitro benzene ring substituents is 1. The van der Waals surface area contributed by atoms with Gasteiger partial charge in [-0.3, -0.25) is 48.5 Å². The van der Waals surface area contributed by atoms with Gasteiger partial charge in [-0.05, 0) is 67.0 Å². The summed E-state index contributed by atoms with van der Waals surface area (Å²) in [4.78, 5) is 127. The van der Waals surface area contributed by atoms with E-state index in [1.807, 2.05) is 157 Å². The molecule has 9 saturated heterocycles. The highest BCUT2D eigenvalue weighted by atomic mass is 127. The predicted octanol–water partition coefficient (Wildman–Crippen LogP) is -5.78. The number of rotatable bonds is 42. The number of hydrogen-bond acceptors (Lipinski definition) is 29. The van der Waals surface area contributed by atoms with Crippen molar-refractivity contribution in [3.05, 3.63) is 121 Å². The summed E-state index contributed by atoms with van der Waals surface area (Å²) in [6.07, 6.45) is 0.539. The molecule has 5 unspecified atom stereocenters. The van der Waals surface area contributed by atoms with Crippen molar-refractivity contribution in [1.82, 2.24) is 47.9 Å². The Bertz CT molecular complexity index is 4030. The third kappa shape index (κ3) is 67.1. The van der Waals surface area contributed by atoms with Gasteiger partial charge in [0.25, 0.3) is 5.69 Å². The number of non-ortho nitro benzene ring substituents is 1. The van der Waals surface area contributed by atoms with Gasteiger partial charge in [0, 0.05) is 139 Å². The number of esters is 9. The number of nitrogens with zero attached hydrogens (tertiary/aromatic N) is 1. The molecule has 9 heterocycles. The summed E-state index contributed by atoms with van der Waals surface area (Å²) in [6, 6.07) is 23.8. The molecule has 0 radical (unpaired) electrons. The van der Waals surface area contributed by atoms with Crippen molar-refractivity contribution in [3.8, 4) is 0 Å². The number of ether oxygens (including phenoxy) is 9. The number of nitro groups is 1. The van der Waals surface area contributed by atoms with Crippen LogP contribution in [0.3, 0.4) is 0 Å². The van der Waals surface area contributed by atoms with Crippen LogP contribution in [0.4, 0.5) is 5.69 Å². The third-order valence-corrected chi connectivity index (χ3v) is 32.2. The molecule has 0 saturated carbocycles. The van der Waals surface area contributed by atoms with Crippen molar-refractivity contribution in [1.29, 1.82) is 0 Å². The van der Waals surface area contributed by atoms with E-state index in [1.54, 1.807) is 12.1 Å². The van der Waals surface area contributed by atoms with E-state index in [0.29, 0.717) is 79.5 Å². The molecule has 0 spiro atoms. The van der Waals surface area contributed by atoms with E-state index >= 15 is 0 Å². The molecule has 3 aromatic rings. The highest BCUT2D eigenvalue weighted by Gasteiger charge is 2.29. The molecule has 3 aromatic carbocycles. The molecule has 5 atom stereocenters. The maximum Gasteiger partial charge on any atom is 0.343 e. The third-order valence-electron chi connectivity index (χ3n) is 24.7. The zero-order chi connectivity index (χ0) is 107. The van der Waals surface area contributed by atoms with Gasteiger partial charge in [0.05, 0.1) is 143 Å². The Balaban J connectivity index is 0.000000344. The standard InChI is InChI=1S/C15H21IN2O2.C14H18IN3O4.C14H19IN2O2.2C10H19IN2O2.C9H17IN2O2.C9H15IN2O2.C9H17IN2O2.C8H15IN2O2/c1-12-2-4-13(5-3-12)14(16)15(19)20-11-10-18-8-6-17-7-9-18;15-13(11-1-3-12(4-2-11)18(20)21)14(19)22-10-9-17-7-5-16-6-8-17;15-13(12-4-2-1-3-5-12)14(18)19-11-10-17-8-6-16-7-9-17;1-10(2,11)9(14)15-8-7-13-5-3-12-4-6-13;1-9(8-11)10(14)15-7-6-13-4-2-12-3-5-13;2*1-8(10)9(13)14-7-6-12-4-2-11-3-5-12;10-2-1-9(13)14-8-7-12-5-3-11-4-6-12;9-7-8(12)13-6-5-11-3-1-10-2-4-11/h2-5,14,17H,6-11H2,1H3;1-4,13,16H,5-10H2;1-5,13,16H,6-11H2;12H,3-8H2,1-2H3;9,12H,2-8H2,1H3;8,11H,2-7H2,1H3;11H,1-7H2;11H,1-8H2;10H,1-7H2/p+9. The van der Waals surface area contributed by atoms with Crippen LogP contribution >= 0.6 is 203 Å². The maximum atomic E-state index is 12.0. The van der Waals surface area contributed by atoms with Crippen LogP contribution in [-0.2, 0) is 85.8 Å². The largest absolute Gasteiger partial charge is 0.460 e. The lowest BCUT2D eigenvalue weighted by Gasteiger charge is -2.24. The van der Waals surface area contributed by atoms with Crippen molar-refractivity contribution in [2.75, 3.05) is 367 Å². The van der Waals surface area contributed by atoms with Crippen LogP contribution in [0.2, 0.25) is 0 Å². The molecule has 0 aliphatic carbocycles. The smallest absolute Gasteiger partial charge is 0.343 e. The molecule has 9 aliphatic heterocycles. The molecule has 830 valence electrons. The lowest BCUT2D eigenvalue weighted by molar-refractivity contribution is -0.902. The fraction of sp³-hybridized carbons (Fsp3) is 0.704. The molecule has 48 heteroatoms. The Kier molecular flexibility index (Phi) is 80.2. The highest BCUT2D eigenvalue weighted by molar-refractivity contribution is 14.1. The summed E-state index contributed by atoms with van der Waals surface area (Å²) in [6.45, 7) is 65.3. The highest BCUT2D eigenvalue weighted by Crippen LogP contribution is 2.28. The monoisotopic (exact) mass is 3070 g/mol. The lowest BCUT2D eigenvalue weighted by Crippen LogP contribution is -3.15. The second kappa shape index (κ2) is 86.0. The minimum Gasteiger partial charge on any atom is -0.460 e. The van der Waals surface area contributed by atoms with Gasteiger partial charge < -0.3 is 135 Å². The van der Waals surface area contributed by atoms with Crippen molar-refractivity contribution < 1.29 is 135 Å². The van der Waals surface area contributed by atoms with Gasteiger partial charge in [0.15, 0.2) is 0 Å². The summed E-state index contributed by atoms with van der Waals surface area (Å²) in [5.41, 5.74) is 3.94. The Morgan fingerprint density at radius 1 is 0.363 bits per heavy atom.